The van der Waals surface area contributed by atoms with Crippen molar-refractivity contribution in [3.63, 3.8) is 0 Å². The molecular weight excluding hydrogens is 404 g/mol. The van der Waals surface area contributed by atoms with E-state index >= 15 is 0 Å². The van der Waals surface area contributed by atoms with E-state index in [1.54, 1.807) is 30.3 Å². The number of carbonyl (C=O) groups excluding carboxylic acids is 2. The van der Waals surface area contributed by atoms with Gasteiger partial charge in [0, 0.05) is 5.92 Å². The molecule has 2 aliphatic rings. The van der Waals surface area contributed by atoms with Crippen LogP contribution >= 0.6 is 0 Å². The van der Waals surface area contributed by atoms with Crippen LogP contribution in [0.3, 0.4) is 0 Å². The van der Waals surface area contributed by atoms with Crippen molar-refractivity contribution in [1.82, 2.24) is 0 Å². The van der Waals surface area contributed by atoms with Crippen LogP contribution < -0.4 is 10.4 Å². The standard InChI is InChI=1S/C27H18O5/c28-23-20(16-11-5-2-6-12-16)24(29)26-21(23)19(15-9-3-1-4-10-15)22-25(32-26)17-13-7-8-14-18(17)31-27(22)30/h1-14,19-21,26H/t19-,20?,21?,26-/m0/s1. The van der Waals surface area contributed by atoms with Gasteiger partial charge in [-0.3, -0.25) is 9.59 Å². The van der Waals surface area contributed by atoms with E-state index in [1.165, 1.54) is 0 Å². The summed E-state index contributed by atoms with van der Waals surface area (Å²) in [4.78, 5) is 40.3. The topological polar surface area (TPSA) is 73.6 Å². The molecule has 4 atom stereocenters. The maximum atomic E-state index is 13.7. The summed E-state index contributed by atoms with van der Waals surface area (Å²) in [6, 6.07) is 25.5. The summed E-state index contributed by atoms with van der Waals surface area (Å²) in [6.45, 7) is 0. The van der Waals surface area contributed by atoms with E-state index in [0.29, 0.717) is 27.8 Å². The lowest BCUT2D eigenvalue weighted by Crippen LogP contribution is -2.41. The Kier molecular flexibility index (Phi) is 4.12. The molecule has 0 saturated heterocycles. The van der Waals surface area contributed by atoms with Crippen LogP contribution in [0.25, 0.3) is 11.0 Å². The lowest BCUT2D eigenvalue weighted by atomic mass is 9.76. The second-order valence-corrected chi connectivity index (χ2v) is 8.23. The second-order valence-electron chi connectivity index (χ2n) is 8.23. The van der Waals surface area contributed by atoms with Crippen LogP contribution in [0.1, 0.15) is 28.5 Å². The Bertz CT molecular complexity index is 1420. The molecule has 6 rings (SSSR count). The normalized spacial score (nSPS) is 24.1. The summed E-state index contributed by atoms with van der Waals surface area (Å²) in [7, 11) is 0. The molecule has 4 aromatic rings. The molecule has 0 spiro atoms. The second kappa shape index (κ2) is 7.02. The van der Waals surface area contributed by atoms with Crippen LogP contribution in [-0.4, -0.2) is 17.7 Å². The molecule has 1 saturated carbocycles. The molecule has 2 heterocycles. The molecule has 0 N–H and O–H groups in total. The highest BCUT2D eigenvalue weighted by molar-refractivity contribution is 6.18. The molecule has 1 aromatic heterocycles. The number of para-hydroxylation sites is 1. The van der Waals surface area contributed by atoms with E-state index in [9.17, 15) is 14.4 Å². The van der Waals surface area contributed by atoms with Crippen LogP contribution in [0.15, 0.2) is 94.1 Å². The molecule has 5 nitrogen and oxygen atoms in total. The van der Waals surface area contributed by atoms with E-state index in [-0.39, 0.29) is 11.6 Å². The van der Waals surface area contributed by atoms with Gasteiger partial charge in [-0.05, 0) is 23.3 Å². The van der Waals surface area contributed by atoms with E-state index in [1.807, 2.05) is 54.6 Å². The molecule has 156 valence electrons. The Labute approximate surface area is 183 Å². The predicted molar refractivity (Wildman–Crippen MR) is 118 cm³/mol. The summed E-state index contributed by atoms with van der Waals surface area (Å²) in [5.41, 5.74) is 1.57. The van der Waals surface area contributed by atoms with Gasteiger partial charge in [-0.15, -0.1) is 0 Å². The largest absolute Gasteiger partial charge is 0.480 e. The number of carbonyl (C=O) groups is 2. The van der Waals surface area contributed by atoms with Crippen LogP contribution in [0.2, 0.25) is 0 Å². The summed E-state index contributed by atoms with van der Waals surface area (Å²) >= 11 is 0. The Morgan fingerprint density at radius 1 is 0.656 bits per heavy atom. The van der Waals surface area contributed by atoms with Gasteiger partial charge in [0.15, 0.2) is 17.7 Å². The molecule has 1 aliphatic heterocycles. The quantitative estimate of drug-likeness (QED) is 0.357. The third-order valence-electron chi connectivity index (χ3n) is 6.51. The highest BCUT2D eigenvalue weighted by Crippen LogP contribution is 2.51. The van der Waals surface area contributed by atoms with Gasteiger partial charge in [-0.2, -0.15) is 0 Å². The zero-order chi connectivity index (χ0) is 21.8. The van der Waals surface area contributed by atoms with Crippen molar-refractivity contribution in [2.24, 2.45) is 5.92 Å². The van der Waals surface area contributed by atoms with Crippen molar-refractivity contribution in [1.29, 1.82) is 0 Å². The molecule has 0 amide bonds. The van der Waals surface area contributed by atoms with Crippen molar-refractivity contribution in [2.75, 3.05) is 0 Å². The Hall–Kier alpha value is -3.99. The average molecular weight is 422 g/mol. The monoisotopic (exact) mass is 422 g/mol. The van der Waals surface area contributed by atoms with Crippen molar-refractivity contribution in [3.8, 4) is 5.75 Å². The van der Waals surface area contributed by atoms with Crippen LogP contribution in [0, 0.1) is 5.92 Å². The number of ether oxygens (including phenoxy) is 1. The SMILES string of the molecule is O=C1C(c2ccccc2)C(=O)[C@H]2Oc3c(c(=O)oc4ccccc34)[C@@H](c3ccccc3)C12. The molecule has 5 heteroatoms. The Morgan fingerprint density at radius 2 is 1.28 bits per heavy atom. The number of fused-ring (bicyclic) bond motifs is 4. The van der Waals surface area contributed by atoms with Crippen LogP contribution in [-0.2, 0) is 9.59 Å². The summed E-state index contributed by atoms with van der Waals surface area (Å²) in [5, 5.41) is 0.616. The Morgan fingerprint density at radius 3 is 2.00 bits per heavy atom. The lowest BCUT2D eigenvalue weighted by molar-refractivity contribution is -0.126. The summed E-state index contributed by atoms with van der Waals surface area (Å²) in [5.74, 6) is -2.50. The first kappa shape index (κ1) is 18.8. The van der Waals surface area contributed by atoms with Gasteiger partial charge in [0.1, 0.15) is 17.3 Å². The molecule has 3 aromatic carbocycles. The minimum Gasteiger partial charge on any atom is -0.480 e. The lowest BCUT2D eigenvalue weighted by Gasteiger charge is -2.34. The fraction of sp³-hybridized carbons (Fsp3) is 0.148. The average Bonchev–Trinajstić information content (AvgIpc) is 3.08. The molecule has 2 unspecified atom stereocenters. The number of hydrogen-bond donors (Lipinski definition) is 0. The van der Waals surface area contributed by atoms with Crippen LogP contribution in [0.4, 0.5) is 0 Å². The van der Waals surface area contributed by atoms with Gasteiger partial charge >= 0.3 is 5.63 Å². The molecule has 1 fully saturated rings. The van der Waals surface area contributed by atoms with Crippen molar-refractivity contribution in [3.05, 3.63) is 112 Å². The predicted octanol–water partition coefficient (Wildman–Crippen LogP) is 4.24. The molecular formula is C27H18O5. The smallest absolute Gasteiger partial charge is 0.343 e. The third-order valence-corrected chi connectivity index (χ3v) is 6.51. The van der Waals surface area contributed by atoms with Gasteiger partial charge in [0.25, 0.3) is 0 Å². The fourth-order valence-corrected chi connectivity index (χ4v) is 5.14. The molecule has 0 radical (unpaired) electrons. The number of hydrogen-bond acceptors (Lipinski definition) is 5. The number of rotatable bonds is 2. The first-order valence-corrected chi connectivity index (χ1v) is 10.5. The van der Waals surface area contributed by atoms with Gasteiger partial charge in [-0.25, -0.2) is 4.79 Å². The number of ketones is 2. The maximum Gasteiger partial charge on any atom is 0.343 e. The maximum absolute atomic E-state index is 13.7. The van der Waals surface area contributed by atoms with E-state index in [2.05, 4.69) is 0 Å². The summed E-state index contributed by atoms with van der Waals surface area (Å²) < 4.78 is 11.8. The zero-order valence-electron chi connectivity index (χ0n) is 16.9. The molecule has 0 bridgehead atoms. The van der Waals surface area contributed by atoms with Gasteiger partial charge in [-0.1, -0.05) is 72.8 Å². The van der Waals surface area contributed by atoms with E-state index in [4.69, 9.17) is 9.15 Å². The van der Waals surface area contributed by atoms with Crippen molar-refractivity contribution in [2.45, 2.75) is 17.9 Å². The van der Waals surface area contributed by atoms with Crippen LogP contribution in [0.5, 0.6) is 5.75 Å². The van der Waals surface area contributed by atoms with E-state index < -0.39 is 29.5 Å². The fourth-order valence-electron chi connectivity index (χ4n) is 5.14. The number of benzene rings is 3. The minimum absolute atomic E-state index is 0.224. The van der Waals surface area contributed by atoms with Gasteiger partial charge in [0.05, 0.1) is 16.9 Å². The third kappa shape index (κ3) is 2.61. The van der Waals surface area contributed by atoms with E-state index in [0.717, 1.165) is 5.56 Å². The Balaban J connectivity index is 1.62. The zero-order valence-corrected chi connectivity index (χ0v) is 16.9. The van der Waals surface area contributed by atoms with Gasteiger partial charge in [0.2, 0.25) is 0 Å². The first-order valence-electron chi connectivity index (χ1n) is 10.5. The highest BCUT2D eigenvalue weighted by Gasteiger charge is 2.58. The highest BCUT2D eigenvalue weighted by atomic mass is 16.5. The van der Waals surface area contributed by atoms with Crippen molar-refractivity contribution < 1.29 is 18.7 Å². The number of Topliss-reactive ketones (excluding diaryl/α,β-unsaturated/α-hetero) is 2. The first-order chi connectivity index (χ1) is 15.6. The van der Waals surface area contributed by atoms with Gasteiger partial charge < -0.3 is 9.15 Å². The van der Waals surface area contributed by atoms with Crippen molar-refractivity contribution >= 4 is 22.5 Å². The summed E-state index contributed by atoms with van der Waals surface area (Å²) in [6.07, 6.45) is -0.962. The molecule has 32 heavy (non-hydrogen) atoms. The minimum atomic E-state index is -0.962. The molecule has 1 aliphatic carbocycles.